The number of amides is 1. The summed E-state index contributed by atoms with van der Waals surface area (Å²) in [6, 6.07) is 8.57. The van der Waals surface area contributed by atoms with Crippen molar-refractivity contribution in [2.45, 2.75) is 16.2 Å². The molecule has 1 amide bonds. The van der Waals surface area contributed by atoms with Gasteiger partial charge in [-0.3, -0.25) is 25.5 Å². The molecule has 0 fully saturated rings. The lowest BCUT2D eigenvalue weighted by Crippen LogP contribution is -2.12. The molecule has 3 aromatic rings. The molecule has 0 atom stereocenters. The Morgan fingerprint density at radius 1 is 1.21 bits per heavy atom. The van der Waals surface area contributed by atoms with Crippen molar-refractivity contribution >= 4 is 56.5 Å². The number of aromatic nitrogens is 1. The van der Waals surface area contributed by atoms with Crippen molar-refractivity contribution in [2.75, 3.05) is 11.9 Å². The zero-order valence-electron chi connectivity index (χ0n) is 14.3. The van der Waals surface area contributed by atoms with Crippen LogP contribution in [0.1, 0.15) is 6.92 Å². The van der Waals surface area contributed by atoms with Gasteiger partial charge in [0.15, 0.2) is 4.34 Å². The average molecular weight is 420 g/mol. The van der Waals surface area contributed by atoms with Crippen LogP contribution in [0.5, 0.6) is 0 Å². The van der Waals surface area contributed by atoms with Crippen molar-refractivity contribution in [2.24, 2.45) is 0 Å². The van der Waals surface area contributed by atoms with Gasteiger partial charge in [-0.1, -0.05) is 11.8 Å². The molecule has 12 heteroatoms. The number of nitrogens with one attached hydrogen (secondary N) is 1. The molecule has 0 spiro atoms. The van der Waals surface area contributed by atoms with E-state index in [1.54, 1.807) is 25.1 Å². The standard InChI is InChI=1S/C16H12N4O6S2/c1-2-26-15(21)17-9-3-5-11-14(7-9)28-16(18-11)27-13-6-4-10(19(22)23)8-12(13)20(24)25/h3-8H,2H2,1H3,(H,17,21). The minimum Gasteiger partial charge on any atom is -0.450 e. The number of hydrogen-bond acceptors (Lipinski definition) is 9. The highest BCUT2D eigenvalue weighted by molar-refractivity contribution is 8.01. The Bertz CT molecular complexity index is 1080. The summed E-state index contributed by atoms with van der Waals surface area (Å²) in [6.07, 6.45) is -0.567. The average Bonchev–Trinajstić information content (AvgIpc) is 3.03. The van der Waals surface area contributed by atoms with Gasteiger partial charge < -0.3 is 4.74 Å². The van der Waals surface area contributed by atoms with Crippen LogP contribution in [0.15, 0.2) is 45.6 Å². The molecule has 1 heterocycles. The van der Waals surface area contributed by atoms with Crippen LogP contribution >= 0.6 is 23.1 Å². The van der Waals surface area contributed by atoms with Crippen LogP contribution in [0.2, 0.25) is 0 Å². The number of thiazole rings is 1. The predicted octanol–water partition coefficient (Wildman–Crippen LogP) is 4.83. The predicted molar refractivity (Wildman–Crippen MR) is 104 cm³/mol. The van der Waals surface area contributed by atoms with Crippen LogP contribution in [-0.2, 0) is 4.74 Å². The van der Waals surface area contributed by atoms with Gasteiger partial charge in [-0.2, -0.15) is 0 Å². The summed E-state index contributed by atoms with van der Waals surface area (Å²) in [5, 5.41) is 24.7. The molecule has 10 nitrogen and oxygen atoms in total. The second-order valence-corrected chi connectivity index (χ2v) is 7.60. The van der Waals surface area contributed by atoms with E-state index in [9.17, 15) is 25.0 Å². The number of hydrogen-bond donors (Lipinski definition) is 1. The van der Waals surface area contributed by atoms with E-state index >= 15 is 0 Å². The summed E-state index contributed by atoms with van der Waals surface area (Å²) in [5.41, 5.74) is 0.483. The molecule has 144 valence electrons. The molecule has 0 bridgehead atoms. The summed E-state index contributed by atoms with van der Waals surface area (Å²) in [6.45, 7) is 1.95. The highest BCUT2D eigenvalue weighted by Crippen LogP contribution is 2.40. The number of benzene rings is 2. The van der Waals surface area contributed by atoms with Crippen molar-refractivity contribution in [3.8, 4) is 0 Å². The van der Waals surface area contributed by atoms with Gasteiger partial charge in [0.25, 0.3) is 11.4 Å². The Kier molecular flexibility index (Phi) is 5.70. The van der Waals surface area contributed by atoms with Gasteiger partial charge in [-0.05, 0) is 31.2 Å². The van der Waals surface area contributed by atoms with Gasteiger partial charge >= 0.3 is 6.09 Å². The largest absolute Gasteiger partial charge is 0.450 e. The van der Waals surface area contributed by atoms with Crippen molar-refractivity contribution in [3.05, 3.63) is 56.6 Å². The number of rotatable bonds is 6. The first-order valence-corrected chi connectivity index (χ1v) is 9.45. The normalized spacial score (nSPS) is 10.6. The molecule has 28 heavy (non-hydrogen) atoms. The molecule has 1 N–H and O–H groups in total. The second-order valence-electron chi connectivity index (χ2n) is 5.28. The number of nitro groups is 2. The lowest BCUT2D eigenvalue weighted by molar-refractivity contribution is -0.396. The number of nitrogens with zero attached hydrogens (tertiary/aromatic N) is 3. The number of carbonyl (C=O) groups is 1. The molecule has 2 aromatic carbocycles. The Hall–Kier alpha value is -3.25. The van der Waals surface area contributed by atoms with E-state index in [2.05, 4.69) is 10.3 Å². The summed E-state index contributed by atoms with van der Waals surface area (Å²) in [5.74, 6) is 0. The maximum Gasteiger partial charge on any atom is 0.411 e. The van der Waals surface area contributed by atoms with Gasteiger partial charge in [0.2, 0.25) is 0 Å². The fraction of sp³-hybridized carbons (Fsp3) is 0.125. The summed E-state index contributed by atoms with van der Waals surface area (Å²) < 4.78 is 6.12. The minimum absolute atomic E-state index is 0.250. The number of carbonyl (C=O) groups excluding carboxylic acids is 1. The number of anilines is 1. The molecule has 0 radical (unpaired) electrons. The molecular formula is C16H12N4O6S2. The lowest BCUT2D eigenvalue weighted by Gasteiger charge is -2.04. The van der Waals surface area contributed by atoms with Gasteiger partial charge in [-0.25, -0.2) is 9.78 Å². The molecular weight excluding hydrogens is 408 g/mol. The van der Waals surface area contributed by atoms with Crippen LogP contribution in [0.25, 0.3) is 10.2 Å². The van der Waals surface area contributed by atoms with Crippen molar-refractivity contribution in [3.63, 3.8) is 0 Å². The molecule has 1 aromatic heterocycles. The summed E-state index contributed by atoms with van der Waals surface area (Å²) in [7, 11) is 0. The maximum atomic E-state index is 11.5. The van der Waals surface area contributed by atoms with Crippen LogP contribution in [0.4, 0.5) is 21.9 Å². The highest BCUT2D eigenvalue weighted by atomic mass is 32.2. The van der Waals surface area contributed by atoms with Gasteiger partial charge in [0, 0.05) is 11.8 Å². The fourth-order valence-corrected chi connectivity index (χ4v) is 4.40. The zero-order valence-corrected chi connectivity index (χ0v) is 15.9. The van der Waals surface area contributed by atoms with Crippen LogP contribution in [0.3, 0.4) is 0 Å². The number of ether oxygens (including phenoxy) is 1. The van der Waals surface area contributed by atoms with Gasteiger partial charge in [-0.15, -0.1) is 11.3 Å². The van der Waals surface area contributed by atoms with Crippen LogP contribution in [0, 0.1) is 20.2 Å². The first-order chi connectivity index (χ1) is 13.4. The van der Waals surface area contributed by atoms with E-state index in [0.29, 0.717) is 15.5 Å². The lowest BCUT2D eigenvalue weighted by atomic mass is 10.3. The van der Waals surface area contributed by atoms with Crippen molar-refractivity contribution in [1.29, 1.82) is 0 Å². The third-order valence-corrected chi connectivity index (χ3v) is 5.58. The first-order valence-electron chi connectivity index (χ1n) is 7.82. The SMILES string of the molecule is CCOC(=O)Nc1ccc2nc(Sc3ccc([N+](=O)[O-])cc3[N+](=O)[O-])sc2c1. The fourth-order valence-electron chi connectivity index (χ4n) is 2.25. The molecule has 0 aliphatic carbocycles. The summed E-state index contributed by atoms with van der Waals surface area (Å²) >= 11 is 2.33. The molecule has 0 aliphatic heterocycles. The molecule has 0 saturated heterocycles. The first kappa shape index (κ1) is 19.5. The van der Waals surface area contributed by atoms with Crippen molar-refractivity contribution in [1.82, 2.24) is 4.98 Å². The van der Waals surface area contributed by atoms with E-state index < -0.39 is 15.9 Å². The van der Waals surface area contributed by atoms with E-state index in [1.165, 1.54) is 23.5 Å². The molecule has 0 saturated carbocycles. The molecule has 0 unspecified atom stereocenters. The summed E-state index contributed by atoms with van der Waals surface area (Å²) in [4.78, 5) is 36.9. The van der Waals surface area contributed by atoms with E-state index in [0.717, 1.165) is 22.5 Å². The smallest absolute Gasteiger partial charge is 0.411 e. The van der Waals surface area contributed by atoms with Gasteiger partial charge in [0.1, 0.15) is 0 Å². The Balaban J connectivity index is 1.87. The number of non-ortho nitro benzene ring substituents is 1. The molecule has 3 rings (SSSR count). The van der Waals surface area contributed by atoms with E-state index in [1.807, 2.05) is 0 Å². The Labute approximate surface area is 165 Å². The highest BCUT2D eigenvalue weighted by Gasteiger charge is 2.21. The maximum absolute atomic E-state index is 11.5. The third kappa shape index (κ3) is 4.35. The Morgan fingerprint density at radius 3 is 2.68 bits per heavy atom. The van der Waals surface area contributed by atoms with Crippen LogP contribution in [-0.4, -0.2) is 27.5 Å². The van der Waals surface area contributed by atoms with Gasteiger partial charge in [0.05, 0.1) is 37.6 Å². The number of fused-ring (bicyclic) bond motifs is 1. The Morgan fingerprint density at radius 2 is 2.00 bits per heavy atom. The van der Waals surface area contributed by atoms with Crippen LogP contribution < -0.4 is 5.32 Å². The topological polar surface area (TPSA) is 138 Å². The number of nitro benzene ring substituents is 2. The van der Waals surface area contributed by atoms with E-state index in [-0.39, 0.29) is 22.9 Å². The minimum atomic E-state index is -0.683. The third-order valence-electron chi connectivity index (χ3n) is 3.44. The zero-order chi connectivity index (χ0) is 20.3. The van der Waals surface area contributed by atoms with Crippen molar-refractivity contribution < 1.29 is 19.4 Å². The second kappa shape index (κ2) is 8.19. The quantitative estimate of drug-likeness (QED) is 0.442. The van der Waals surface area contributed by atoms with E-state index in [4.69, 9.17) is 4.74 Å². The molecule has 0 aliphatic rings. The monoisotopic (exact) mass is 420 g/mol.